The monoisotopic (exact) mass is 603 g/mol. The lowest BCUT2D eigenvalue weighted by Gasteiger charge is -2.42. The molecule has 0 spiro atoms. The van der Waals surface area contributed by atoms with Crippen molar-refractivity contribution in [2.75, 3.05) is 30.2 Å². The van der Waals surface area contributed by atoms with Crippen LogP contribution in [0.15, 0.2) is 69.7 Å². The number of ether oxygens (including phenoxy) is 2. The summed E-state index contributed by atoms with van der Waals surface area (Å²) in [5.74, 6) is 0.466. The van der Waals surface area contributed by atoms with E-state index in [9.17, 15) is 14.9 Å². The molecule has 1 unspecified atom stereocenters. The maximum Gasteiger partial charge on any atom is 0.234 e. The largest absolute Gasteiger partial charge is 0.493 e. The number of carbonyl (C=O) groups is 2. The van der Waals surface area contributed by atoms with Gasteiger partial charge < -0.3 is 20.5 Å². The van der Waals surface area contributed by atoms with Gasteiger partial charge in [0.05, 0.1) is 37.5 Å². The number of allylic oxidation sites excluding steroid dienone is 3. The van der Waals surface area contributed by atoms with Crippen LogP contribution in [0.3, 0.4) is 0 Å². The number of pyridine rings is 1. The fraction of sp³-hybridized carbons (Fsp3) is 0.310. The number of nitrogens with two attached hydrogens (primary N) is 1. The van der Waals surface area contributed by atoms with Gasteiger partial charge >= 0.3 is 0 Å². The van der Waals surface area contributed by atoms with Crippen LogP contribution < -0.4 is 25.4 Å². The lowest BCUT2D eigenvalue weighted by atomic mass is 9.69. The molecule has 13 heteroatoms. The third kappa shape index (κ3) is 5.68. The second-order valence-electron chi connectivity index (χ2n) is 10.5. The summed E-state index contributed by atoms with van der Waals surface area (Å²) in [7, 11) is 3.07. The summed E-state index contributed by atoms with van der Waals surface area (Å²) in [6, 6.07) is 11.0. The summed E-state index contributed by atoms with van der Waals surface area (Å²) >= 11 is 2.46. The number of aromatic nitrogens is 3. The molecule has 11 nitrogen and oxygen atoms in total. The van der Waals surface area contributed by atoms with Crippen molar-refractivity contribution >= 4 is 45.6 Å². The first kappa shape index (κ1) is 29.1. The summed E-state index contributed by atoms with van der Waals surface area (Å²) in [5, 5.41) is 22.1. The zero-order valence-electron chi connectivity index (χ0n) is 23.5. The average molecular weight is 604 g/mol. The van der Waals surface area contributed by atoms with E-state index in [4.69, 9.17) is 15.2 Å². The number of carbonyl (C=O) groups excluding carboxylic acids is 2. The molecule has 1 aliphatic carbocycles. The molecule has 1 atom stereocenters. The molecule has 3 N–H and O–H groups in total. The predicted molar refractivity (Wildman–Crippen MR) is 160 cm³/mol. The van der Waals surface area contributed by atoms with Gasteiger partial charge in [-0.1, -0.05) is 43.0 Å². The molecular formula is C29H29N7O4S2. The third-order valence-corrected chi connectivity index (χ3v) is 9.02. The second kappa shape index (κ2) is 11.8. The number of anilines is 2. The number of benzene rings is 1. The van der Waals surface area contributed by atoms with E-state index in [1.807, 2.05) is 19.9 Å². The van der Waals surface area contributed by atoms with E-state index in [0.717, 1.165) is 5.56 Å². The van der Waals surface area contributed by atoms with Crippen LogP contribution in [0.2, 0.25) is 0 Å². The lowest BCUT2D eigenvalue weighted by molar-refractivity contribution is -0.118. The molecular weight excluding hydrogens is 574 g/mol. The lowest BCUT2D eigenvalue weighted by Crippen LogP contribution is -2.42. The average Bonchev–Trinajstić information content (AvgIpc) is 3.43. The van der Waals surface area contributed by atoms with Crippen LogP contribution in [0.25, 0.3) is 0 Å². The Morgan fingerprint density at radius 3 is 2.71 bits per heavy atom. The quantitative estimate of drug-likeness (QED) is 0.346. The number of thioether (sulfide) groups is 1. The molecule has 216 valence electrons. The molecule has 0 saturated carbocycles. The minimum absolute atomic E-state index is 0.0358. The van der Waals surface area contributed by atoms with Crippen LogP contribution in [0.1, 0.15) is 38.2 Å². The van der Waals surface area contributed by atoms with Crippen LogP contribution in [0, 0.1) is 16.7 Å². The van der Waals surface area contributed by atoms with Gasteiger partial charge in [0.2, 0.25) is 11.0 Å². The number of ketones is 1. The number of nitriles is 1. The number of amides is 1. The molecule has 0 saturated heterocycles. The molecule has 0 bridgehead atoms. The summed E-state index contributed by atoms with van der Waals surface area (Å²) < 4.78 is 11.1. The Kier molecular flexibility index (Phi) is 8.20. The zero-order chi connectivity index (χ0) is 30.0. The number of nitrogens with zero attached hydrogens (tertiary/aromatic N) is 5. The topological polar surface area (TPSA) is 156 Å². The standard InChI is InChI=1S/C29H29N7O4S2/c1-29(2)11-19-25(20(37)12-29)24(16-6-5-9-32-14-16)18(13-30)26(31)36(19)27-34-35-28(42-27)41-15-23(38)33-17-7-8-21(39-3)22(10-17)40-4/h5-10,14,24H,11-12,15,31H2,1-4H3,(H,33,38). The van der Waals surface area contributed by atoms with Crippen molar-refractivity contribution in [3.63, 3.8) is 0 Å². The van der Waals surface area contributed by atoms with Gasteiger partial charge in [0.25, 0.3) is 0 Å². The minimum atomic E-state index is -0.611. The summed E-state index contributed by atoms with van der Waals surface area (Å²) in [4.78, 5) is 32.2. The summed E-state index contributed by atoms with van der Waals surface area (Å²) in [5.41, 5.74) is 9.14. The number of rotatable bonds is 8. The first-order chi connectivity index (χ1) is 20.2. The molecule has 5 rings (SSSR count). The smallest absolute Gasteiger partial charge is 0.234 e. The highest BCUT2D eigenvalue weighted by Crippen LogP contribution is 2.50. The Labute approximate surface area is 251 Å². The van der Waals surface area contributed by atoms with E-state index in [1.54, 1.807) is 48.7 Å². The van der Waals surface area contributed by atoms with Crippen molar-refractivity contribution in [2.45, 2.75) is 36.9 Å². The molecule has 1 aromatic carbocycles. The van der Waals surface area contributed by atoms with Gasteiger partial charge in [-0.2, -0.15) is 5.26 Å². The van der Waals surface area contributed by atoms with Gasteiger partial charge in [-0.3, -0.25) is 19.5 Å². The maximum absolute atomic E-state index is 13.6. The van der Waals surface area contributed by atoms with Crippen molar-refractivity contribution in [3.05, 3.63) is 71.0 Å². The first-order valence-electron chi connectivity index (χ1n) is 13.0. The van der Waals surface area contributed by atoms with Crippen LogP contribution in [-0.4, -0.2) is 46.8 Å². The fourth-order valence-electron chi connectivity index (χ4n) is 5.20. The number of nitrogens with one attached hydrogen (secondary N) is 1. The highest BCUT2D eigenvalue weighted by Gasteiger charge is 2.45. The molecule has 1 aliphatic heterocycles. The van der Waals surface area contributed by atoms with E-state index in [0.29, 0.717) is 50.8 Å². The highest BCUT2D eigenvalue weighted by molar-refractivity contribution is 8.01. The van der Waals surface area contributed by atoms with Crippen LogP contribution in [0.4, 0.5) is 10.8 Å². The normalized spacial score (nSPS) is 17.9. The van der Waals surface area contributed by atoms with Gasteiger partial charge in [-0.25, -0.2) is 0 Å². The summed E-state index contributed by atoms with van der Waals surface area (Å²) in [6.07, 6.45) is 4.21. The van der Waals surface area contributed by atoms with E-state index in [1.165, 1.54) is 30.2 Å². The van der Waals surface area contributed by atoms with Crippen LogP contribution in [0.5, 0.6) is 11.5 Å². The van der Waals surface area contributed by atoms with E-state index >= 15 is 0 Å². The summed E-state index contributed by atoms with van der Waals surface area (Å²) in [6.45, 7) is 4.06. The van der Waals surface area contributed by atoms with E-state index in [-0.39, 0.29) is 34.3 Å². The molecule has 1 amide bonds. The van der Waals surface area contributed by atoms with E-state index < -0.39 is 5.92 Å². The van der Waals surface area contributed by atoms with Gasteiger partial charge in [0.1, 0.15) is 5.82 Å². The Hall–Kier alpha value is -4.41. The predicted octanol–water partition coefficient (Wildman–Crippen LogP) is 4.62. The number of hydrogen-bond donors (Lipinski definition) is 2. The molecule has 3 aromatic rings. The Morgan fingerprint density at radius 1 is 1.24 bits per heavy atom. The Bertz CT molecular complexity index is 1640. The van der Waals surface area contributed by atoms with Gasteiger partial charge in [-0.15, -0.1) is 10.2 Å². The van der Waals surface area contributed by atoms with Crippen molar-refractivity contribution in [1.82, 2.24) is 15.2 Å². The molecule has 3 heterocycles. The SMILES string of the molecule is COc1ccc(NC(=O)CSc2nnc(N3C(N)=C(C#N)C(c4cccnc4)C4=C3CC(C)(C)CC4=O)s2)cc1OC. The number of hydrogen-bond acceptors (Lipinski definition) is 12. The van der Waals surface area contributed by atoms with Crippen molar-refractivity contribution in [2.24, 2.45) is 11.1 Å². The third-order valence-electron chi connectivity index (χ3n) is 6.98. The highest BCUT2D eigenvalue weighted by atomic mass is 32.2. The van der Waals surface area contributed by atoms with E-state index in [2.05, 4.69) is 26.6 Å². The van der Waals surface area contributed by atoms with Gasteiger partial charge in [0, 0.05) is 41.8 Å². The zero-order valence-corrected chi connectivity index (χ0v) is 25.1. The second-order valence-corrected chi connectivity index (χ2v) is 12.7. The van der Waals surface area contributed by atoms with Gasteiger partial charge in [0.15, 0.2) is 21.6 Å². The molecule has 2 aliphatic rings. The first-order valence-corrected chi connectivity index (χ1v) is 14.8. The number of Topliss-reactive ketones (excluding diaryl/α,β-unsaturated/α-hetero) is 1. The van der Waals surface area contributed by atoms with Crippen molar-refractivity contribution in [1.29, 1.82) is 5.26 Å². The molecule has 0 fully saturated rings. The number of methoxy groups -OCH3 is 2. The minimum Gasteiger partial charge on any atom is -0.493 e. The molecule has 2 aromatic heterocycles. The van der Waals surface area contributed by atoms with Crippen LogP contribution >= 0.6 is 23.1 Å². The van der Waals surface area contributed by atoms with Crippen molar-refractivity contribution in [3.8, 4) is 17.6 Å². The van der Waals surface area contributed by atoms with Crippen molar-refractivity contribution < 1.29 is 19.1 Å². The molecule has 0 radical (unpaired) electrons. The molecule has 42 heavy (non-hydrogen) atoms. The fourth-order valence-corrected chi connectivity index (χ4v) is 6.88. The Balaban J connectivity index is 1.41. The maximum atomic E-state index is 13.6. The van der Waals surface area contributed by atoms with Crippen LogP contribution in [-0.2, 0) is 9.59 Å². The Morgan fingerprint density at radius 2 is 2.02 bits per heavy atom. The van der Waals surface area contributed by atoms with Gasteiger partial charge in [-0.05, 0) is 35.6 Å².